The van der Waals surface area contributed by atoms with Crippen molar-refractivity contribution < 1.29 is 4.79 Å². The first-order chi connectivity index (χ1) is 19.6. The van der Waals surface area contributed by atoms with Gasteiger partial charge in [0.15, 0.2) is 0 Å². The Morgan fingerprint density at radius 2 is 1.90 bits per heavy atom. The van der Waals surface area contributed by atoms with Crippen molar-refractivity contribution in [2.45, 2.75) is 45.2 Å². The number of carbonyl (C=O) groups excluding carboxylic acids is 1. The molecule has 0 saturated heterocycles. The summed E-state index contributed by atoms with van der Waals surface area (Å²) in [5.41, 5.74) is 7.02. The molecule has 6 rings (SSSR count). The van der Waals surface area contributed by atoms with Crippen LogP contribution in [-0.4, -0.2) is 61.0 Å². The van der Waals surface area contributed by atoms with Gasteiger partial charge in [0.2, 0.25) is 11.9 Å². The topological polar surface area (TPSA) is 116 Å². The summed E-state index contributed by atoms with van der Waals surface area (Å²) in [6, 6.07) is 18.7. The Hall–Kier alpha value is -4.86. The summed E-state index contributed by atoms with van der Waals surface area (Å²) in [5.74, 6) is 1.20. The Labute approximate surface area is 232 Å². The number of carbonyl (C=O) groups is 1. The lowest BCUT2D eigenvalue weighted by Gasteiger charge is -2.25. The van der Waals surface area contributed by atoms with Gasteiger partial charge in [0.05, 0.1) is 24.4 Å². The van der Waals surface area contributed by atoms with Crippen molar-refractivity contribution >= 4 is 24.2 Å². The van der Waals surface area contributed by atoms with Crippen molar-refractivity contribution in [1.29, 1.82) is 0 Å². The maximum atomic E-state index is 13.2. The first kappa shape index (κ1) is 25.4. The molecule has 0 spiro atoms. The highest BCUT2D eigenvalue weighted by Gasteiger charge is 2.25. The smallest absolute Gasteiger partial charge is 0.229 e. The summed E-state index contributed by atoms with van der Waals surface area (Å²) in [5, 5.41) is 14.3. The van der Waals surface area contributed by atoms with Crippen molar-refractivity contribution in [2.24, 2.45) is 9.98 Å². The van der Waals surface area contributed by atoms with Crippen LogP contribution in [0.3, 0.4) is 0 Å². The third kappa shape index (κ3) is 5.33. The van der Waals surface area contributed by atoms with Gasteiger partial charge in [-0.25, -0.2) is 15.0 Å². The minimum absolute atomic E-state index is 0.0115. The molecule has 1 amide bonds. The third-order valence-electron chi connectivity index (χ3n) is 7.42. The highest BCUT2D eigenvalue weighted by molar-refractivity contribution is 5.85. The molecule has 0 unspecified atom stereocenters. The maximum absolute atomic E-state index is 13.2. The van der Waals surface area contributed by atoms with E-state index in [0.29, 0.717) is 30.6 Å². The highest BCUT2D eigenvalue weighted by atomic mass is 16.2. The number of hydrogen-bond donors (Lipinski definition) is 2. The number of amides is 1. The van der Waals surface area contributed by atoms with Crippen molar-refractivity contribution in [3.63, 3.8) is 0 Å². The van der Waals surface area contributed by atoms with Gasteiger partial charge in [0, 0.05) is 42.7 Å². The fourth-order valence-electron chi connectivity index (χ4n) is 5.34. The molecule has 1 aliphatic carbocycles. The zero-order valence-electron chi connectivity index (χ0n) is 22.4. The number of guanidine groups is 1. The second-order valence-electron chi connectivity index (χ2n) is 10.2. The van der Waals surface area contributed by atoms with Crippen LogP contribution in [0.25, 0.3) is 11.3 Å². The molecule has 0 fully saturated rings. The Bertz CT molecular complexity index is 1570. The molecule has 0 saturated carbocycles. The summed E-state index contributed by atoms with van der Waals surface area (Å²) in [6.07, 6.45) is 6.45. The molecular formula is C30H31N9O. The lowest BCUT2D eigenvalue weighted by atomic mass is 10.1. The van der Waals surface area contributed by atoms with Crippen molar-refractivity contribution in [3.05, 3.63) is 101 Å². The minimum atomic E-state index is 0.0115. The number of imidazole rings is 1. The van der Waals surface area contributed by atoms with Gasteiger partial charge in [-0.3, -0.25) is 14.5 Å². The molecule has 40 heavy (non-hydrogen) atoms. The van der Waals surface area contributed by atoms with Gasteiger partial charge in [-0.2, -0.15) is 0 Å². The van der Waals surface area contributed by atoms with Gasteiger partial charge in [0.25, 0.3) is 0 Å². The van der Waals surface area contributed by atoms with E-state index in [4.69, 9.17) is 4.98 Å². The first-order valence-corrected chi connectivity index (χ1v) is 13.4. The number of nitrogens with zero attached hydrogens (tertiary/aromatic N) is 7. The normalized spacial score (nSPS) is 15.6. The number of aliphatic imine (C=N–C) groups is 2. The molecule has 10 heteroatoms. The van der Waals surface area contributed by atoms with Gasteiger partial charge in [-0.1, -0.05) is 47.7 Å². The summed E-state index contributed by atoms with van der Waals surface area (Å²) in [6.45, 7) is 6.76. The SMILES string of the molecule is C=N/C(=N\C=C(/C)c1nc(CC(=O)N2CCc3[nH]nnc3C2)cn1-c1ccccc1)NC1Cc2ccccc2C1. The van der Waals surface area contributed by atoms with Crippen LogP contribution < -0.4 is 5.32 Å². The fraction of sp³-hybridized carbons (Fsp3) is 0.267. The Morgan fingerprint density at radius 1 is 1.15 bits per heavy atom. The lowest BCUT2D eigenvalue weighted by Crippen LogP contribution is -2.37. The number of fused-ring (bicyclic) bond motifs is 2. The third-order valence-corrected chi connectivity index (χ3v) is 7.42. The van der Waals surface area contributed by atoms with E-state index in [1.165, 1.54) is 11.1 Å². The van der Waals surface area contributed by atoms with Gasteiger partial charge >= 0.3 is 0 Å². The monoisotopic (exact) mass is 533 g/mol. The van der Waals surface area contributed by atoms with E-state index in [9.17, 15) is 4.79 Å². The predicted octanol–water partition coefficient (Wildman–Crippen LogP) is 3.29. The maximum Gasteiger partial charge on any atom is 0.229 e. The number of hydrogen-bond acceptors (Lipinski definition) is 5. The van der Waals surface area contributed by atoms with Gasteiger partial charge < -0.3 is 10.2 Å². The van der Waals surface area contributed by atoms with Gasteiger partial charge in [0.1, 0.15) is 11.5 Å². The second-order valence-corrected chi connectivity index (χ2v) is 10.2. The number of para-hydroxylation sites is 1. The largest absolute Gasteiger partial charge is 0.351 e. The van der Waals surface area contributed by atoms with Crippen LogP contribution in [0.15, 0.2) is 77.0 Å². The summed E-state index contributed by atoms with van der Waals surface area (Å²) >= 11 is 0. The standard InChI is InChI=1S/C30H31N9O/c1-20(17-32-30(31-2)34-23-14-21-8-6-7-9-22(21)15-23)29-33-24(18-39(29)25-10-4-3-5-11-25)16-28(40)38-13-12-26-27(19-38)36-37-35-26/h3-11,17-18,23H,2,12-16,19H2,1H3,(H,32,34)(H,35,36,37)/b20-17+. The van der Waals surface area contributed by atoms with E-state index in [0.717, 1.165) is 41.9 Å². The van der Waals surface area contributed by atoms with E-state index < -0.39 is 0 Å². The van der Waals surface area contributed by atoms with Crippen LogP contribution in [0.2, 0.25) is 0 Å². The molecule has 0 atom stereocenters. The second kappa shape index (κ2) is 11.1. The zero-order valence-corrected chi connectivity index (χ0v) is 22.4. The number of rotatable bonds is 6. The van der Waals surface area contributed by atoms with Crippen LogP contribution in [-0.2, 0) is 37.0 Å². The summed E-state index contributed by atoms with van der Waals surface area (Å²) in [7, 11) is 0. The van der Waals surface area contributed by atoms with Crippen molar-refractivity contribution in [3.8, 4) is 5.69 Å². The predicted molar refractivity (Wildman–Crippen MR) is 154 cm³/mol. The fourth-order valence-corrected chi connectivity index (χ4v) is 5.34. The molecule has 202 valence electrons. The van der Waals surface area contributed by atoms with E-state index in [1.54, 1.807) is 6.20 Å². The average Bonchev–Trinajstić information content (AvgIpc) is 3.73. The Kier molecular flexibility index (Phi) is 7.05. The van der Waals surface area contributed by atoms with Crippen LogP contribution in [0, 0.1) is 0 Å². The average molecular weight is 534 g/mol. The number of nitrogens with one attached hydrogen (secondary N) is 2. The molecule has 4 aromatic rings. The zero-order chi connectivity index (χ0) is 27.5. The quantitative estimate of drug-likeness (QED) is 0.291. The van der Waals surface area contributed by atoms with Gasteiger partial charge in [-0.15, -0.1) is 5.10 Å². The highest BCUT2D eigenvalue weighted by Crippen LogP contribution is 2.23. The molecule has 2 N–H and O–H groups in total. The lowest BCUT2D eigenvalue weighted by molar-refractivity contribution is -0.131. The minimum Gasteiger partial charge on any atom is -0.351 e. The van der Waals surface area contributed by atoms with Crippen molar-refractivity contribution in [1.82, 2.24) is 35.2 Å². The number of aromatic amines is 1. The Morgan fingerprint density at radius 3 is 2.65 bits per heavy atom. The van der Waals surface area contributed by atoms with Crippen molar-refractivity contribution in [2.75, 3.05) is 6.54 Å². The van der Waals surface area contributed by atoms with E-state index in [2.05, 4.69) is 61.7 Å². The molecule has 0 radical (unpaired) electrons. The van der Waals surface area contributed by atoms with Crippen LogP contribution >= 0.6 is 0 Å². The van der Waals surface area contributed by atoms with Crippen LogP contribution in [0.1, 0.15) is 41.0 Å². The molecule has 2 aromatic carbocycles. The molecule has 10 nitrogen and oxygen atoms in total. The number of allylic oxidation sites excluding steroid dienone is 1. The number of aromatic nitrogens is 5. The summed E-state index contributed by atoms with van der Waals surface area (Å²) in [4.78, 5) is 28.6. The molecule has 1 aliphatic heterocycles. The number of benzene rings is 2. The Balaban J connectivity index is 1.21. The van der Waals surface area contributed by atoms with E-state index in [1.807, 2.05) is 52.9 Å². The van der Waals surface area contributed by atoms with E-state index >= 15 is 0 Å². The summed E-state index contributed by atoms with van der Waals surface area (Å²) < 4.78 is 2.00. The van der Waals surface area contributed by atoms with E-state index in [-0.39, 0.29) is 18.4 Å². The molecule has 3 heterocycles. The molecular weight excluding hydrogens is 502 g/mol. The molecule has 2 aliphatic rings. The van der Waals surface area contributed by atoms with Gasteiger partial charge in [-0.05, 0) is 49.7 Å². The van der Waals surface area contributed by atoms with Crippen LogP contribution in [0.4, 0.5) is 0 Å². The molecule has 2 aromatic heterocycles. The van der Waals surface area contributed by atoms with Crippen LogP contribution in [0.5, 0.6) is 0 Å². The first-order valence-electron chi connectivity index (χ1n) is 13.4. The number of H-pyrrole nitrogens is 1. The molecule has 0 bridgehead atoms.